The van der Waals surface area contributed by atoms with Gasteiger partial charge in [-0.25, -0.2) is 0 Å². The van der Waals surface area contributed by atoms with Crippen LogP contribution in [0.15, 0.2) is 0 Å². The van der Waals surface area contributed by atoms with Gasteiger partial charge in [0.2, 0.25) is 0 Å². The molecule has 0 bridgehead atoms. The first kappa shape index (κ1) is 18.4. The van der Waals surface area contributed by atoms with Crippen molar-refractivity contribution < 1.29 is 86.3 Å². The summed E-state index contributed by atoms with van der Waals surface area (Å²) in [5, 5.41) is 8.07. The van der Waals surface area contributed by atoms with Crippen LogP contribution in [0.1, 0.15) is 9.78 Å². The Morgan fingerprint density at radius 3 is 1.64 bits per heavy atom. The fourth-order valence-electron chi connectivity index (χ4n) is 0.166. The van der Waals surface area contributed by atoms with Gasteiger partial charge in [0.15, 0.2) is 0 Å². The van der Waals surface area contributed by atoms with Crippen molar-refractivity contribution in [2.24, 2.45) is 0 Å². The molecule has 4 N–H and O–H groups in total. The van der Waals surface area contributed by atoms with E-state index < -0.39 is 20.3 Å². The van der Waals surface area contributed by atoms with Gasteiger partial charge in [-0.2, -0.15) is 0 Å². The third-order valence-electron chi connectivity index (χ3n) is 0.951. The Balaban J connectivity index is -0.0000000533. The van der Waals surface area contributed by atoms with Gasteiger partial charge in [-0.3, -0.25) is 4.79 Å². The molecule has 0 aliphatic heterocycles. The summed E-state index contributed by atoms with van der Waals surface area (Å²) in [7, 11) is -4.42. The molecule has 0 aliphatic carbocycles. The van der Waals surface area contributed by atoms with Crippen LogP contribution in [-0.4, -0.2) is 34.3 Å². The molecule has 1 atom stereocenters. The predicted molar refractivity (Wildman–Crippen MR) is 31.7 cm³/mol. The summed E-state index contributed by atoms with van der Waals surface area (Å²) in [6, 6.07) is 0. The molecular weight excluding hydrogens is 190 g/mol. The second kappa shape index (κ2) is 7.02. The quantitative estimate of drug-likeness (QED) is 0.332. The molecule has 0 aromatic rings. The number of rotatable bonds is 2. The molecule has 0 spiro atoms. The van der Waals surface area contributed by atoms with Gasteiger partial charge >= 0.3 is 73.9 Å². The normalized spacial score (nSPS) is 12.4. The zero-order valence-corrected chi connectivity index (χ0v) is 11.8. The summed E-state index contributed by atoms with van der Waals surface area (Å²) in [6.45, 7) is 1.04. The predicted octanol–water partition coefficient (Wildman–Crippen LogP) is -7.39. The van der Waals surface area contributed by atoms with Crippen LogP contribution in [-0.2, 0) is 4.79 Å². The average molecular weight is 200 g/mol. The van der Waals surface area contributed by atoms with Crippen LogP contribution in [0.5, 0.6) is 0 Å². The van der Waals surface area contributed by atoms with Crippen LogP contribution >= 0.6 is 0 Å². The fourth-order valence-corrected chi connectivity index (χ4v) is 0.497. The van der Waals surface area contributed by atoms with Crippen molar-refractivity contribution in [2.75, 3.05) is 0 Å². The Labute approximate surface area is 112 Å². The van der Waals surface area contributed by atoms with Gasteiger partial charge in [0.05, 0.1) is 0 Å². The van der Waals surface area contributed by atoms with Crippen LogP contribution in [0.3, 0.4) is 0 Å². The van der Waals surface area contributed by atoms with Crippen LogP contribution in [0.2, 0.25) is 5.54 Å². The molecule has 8 heteroatoms. The number of carboxylic acid groups (broad SMARTS) is 1. The van der Waals surface area contributed by atoms with E-state index in [1.54, 1.807) is 0 Å². The van der Waals surface area contributed by atoms with E-state index in [9.17, 15) is 4.79 Å². The van der Waals surface area contributed by atoms with Crippen molar-refractivity contribution in [2.45, 2.75) is 12.5 Å². The van der Waals surface area contributed by atoms with Gasteiger partial charge in [-0.15, -0.1) is 0 Å². The van der Waals surface area contributed by atoms with E-state index in [0.717, 1.165) is 6.92 Å². The van der Waals surface area contributed by atoms with Crippen molar-refractivity contribution in [3.63, 3.8) is 0 Å². The zero-order chi connectivity index (χ0) is 7.65. The minimum Gasteiger partial charge on any atom is -1.00 e. The van der Waals surface area contributed by atoms with E-state index >= 15 is 0 Å². The molecule has 5 nitrogen and oxygen atoms in total. The molecule has 0 rings (SSSR count). The van der Waals surface area contributed by atoms with Crippen molar-refractivity contribution in [1.82, 2.24) is 0 Å². The number of hydrogen-bond acceptors (Lipinski definition) is 4. The monoisotopic (exact) mass is 200 g/mol. The second-order valence-electron chi connectivity index (χ2n) is 1.75. The first-order chi connectivity index (χ1) is 3.85. The summed E-state index contributed by atoms with van der Waals surface area (Å²) >= 11 is 0. The molecule has 0 saturated carbocycles. The largest absolute Gasteiger partial charge is 1.00 e. The SMILES string of the molecule is CC(C(=O)O)[Si](O)(O)O.[H-].[H-].[Na+].[Na+]. The van der Waals surface area contributed by atoms with E-state index in [1.807, 2.05) is 0 Å². The molecule has 0 fully saturated rings. The number of aliphatic carboxylic acids is 1. The van der Waals surface area contributed by atoms with Crippen LogP contribution < -0.4 is 59.1 Å². The van der Waals surface area contributed by atoms with Gasteiger partial charge < -0.3 is 22.3 Å². The van der Waals surface area contributed by atoms with E-state index in [-0.39, 0.29) is 62.0 Å². The van der Waals surface area contributed by atoms with Crippen LogP contribution in [0.4, 0.5) is 0 Å². The molecule has 0 saturated heterocycles. The van der Waals surface area contributed by atoms with Gasteiger partial charge in [0.1, 0.15) is 5.54 Å². The third kappa shape index (κ3) is 7.91. The molecule has 0 aliphatic rings. The summed E-state index contributed by atoms with van der Waals surface area (Å²) in [5.41, 5.74) is -1.46. The van der Waals surface area contributed by atoms with Crippen LogP contribution in [0.25, 0.3) is 0 Å². The first-order valence-electron chi connectivity index (χ1n) is 2.25. The Morgan fingerprint density at radius 1 is 1.36 bits per heavy atom. The number of carbonyl (C=O) groups is 1. The maximum Gasteiger partial charge on any atom is 1.00 e. The van der Waals surface area contributed by atoms with Gasteiger partial charge in [0, 0.05) is 0 Å². The molecule has 0 heterocycles. The molecule has 0 aromatic heterocycles. The van der Waals surface area contributed by atoms with E-state index in [2.05, 4.69) is 0 Å². The van der Waals surface area contributed by atoms with E-state index in [1.165, 1.54) is 0 Å². The van der Waals surface area contributed by atoms with E-state index in [4.69, 9.17) is 19.5 Å². The standard InChI is InChI=1S/C3H8O5Si.2Na.2H/c1-2(3(4)5)9(6,7)8;;;;/h2,6-8H,1H3,(H,4,5);;;;/q;2*+1;2*-1. The Hall–Kier alpha value is 1.57. The maximum atomic E-state index is 9.90. The topological polar surface area (TPSA) is 98.0 Å². The van der Waals surface area contributed by atoms with E-state index in [0.29, 0.717) is 0 Å². The van der Waals surface area contributed by atoms with Crippen molar-refractivity contribution in [3.8, 4) is 0 Å². The van der Waals surface area contributed by atoms with Crippen molar-refractivity contribution in [3.05, 3.63) is 0 Å². The van der Waals surface area contributed by atoms with Crippen LogP contribution in [0, 0.1) is 0 Å². The summed E-state index contributed by atoms with van der Waals surface area (Å²) in [5.74, 6) is -1.41. The zero-order valence-electron chi connectivity index (χ0n) is 8.77. The summed E-state index contributed by atoms with van der Waals surface area (Å²) in [4.78, 5) is 34.9. The Morgan fingerprint density at radius 2 is 1.64 bits per heavy atom. The molecular formula is C3H10Na2O5Si. The molecule has 0 amide bonds. The van der Waals surface area contributed by atoms with Gasteiger partial charge in [0.25, 0.3) is 0 Å². The Bertz CT molecular complexity index is 131. The molecule has 11 heavy (non-hydrogen) atoms. The maximum absolute atomic E-state index is 9.90. The van der Waals surface area contributed by atoms with Gasteiger partial charge in [-0.1, -0.05) is 0 Å². The van der Waals surface area contributed by atoms with Crippen molar-refractivity contribution in [1.29, 1.82) is 0 Å². The first-order valence-corrected chi connectivity index (χ1v) is 4.17. The molecule has 0 aromatic carbocycles. The number of carboxylic acids is 1. The van der Waals surface area contributed by atoms with Crippen molar-refractivity contribution >= 4 is 14.8 Å². The molecule has 1 unspecified atom stereocenters. The molecule has 0 radical (unpaired) electrons. The molecule has 58 valence electrons. The average Bonchev–Trinajstić information content (AvgIpc) is 1.62. The third-order valence-corrected chi connectivity index (χ3v) is 2.36. The Kier molecular flexibility index (Phi) is 11.7. The minimum absolute atomic E-state index is 0. The minimum atomic E-state index is -4.42. The summed E-state index contributed by atoms with van der Waals surface area (Å²) in [6.07, 6.45) is 0. The smallest absolute Gasteiger partial charge is 1.00 e. The number of hydrogen-bond donors (Lipinski definition) is 4. The second-order valence-corrected chi connectivity index (χ2v) is 3.99. The summed E-state index contributed by atoms with van der Waals surface area (Å²) < 4.78 is 0. The van der Waals surface area contributed by atoms with Gasteiger partial charge in [-0.05, 0) is 6.92 Å². The fraction of sp³-hybridized carbons (Fsp3) is 0.667.